The molecule has 0 saturated heterocycles. The lowest BCUT2D eigenvalue weighted by atomic mass is 10.1. The monoisotopic (exact) mass is 267 g/mol. The highest BCUT2D eigenvalue weighted by atomic mass is 79.9. The van der Waals surface area contributed by atoms with Crippen LogP contribution in [-0.2, 0) is 13.0 Å². The Balaban J connectivity index is 2.70. The number of benzene rings is 1. The maximum atomic E-state index is 5.63. The van der Waals surface area contributed by atoms with Crippen LogP contribution in [0.4, 0.5) is 0 Å². The highest BCUT2D eigenvalue weighted by Gasteiger charge is 2.11. The van der Waals surface area contributed by atoms with Gasteiger partial charge in [-0.1, -0.05) is 22.0 Å². The molecule has 0 saturated carbocycles. The molecule has 80 valence electrons. The topological polar surface area (TPSA) is 43.8 Å². The van der Waals surface area contributed by atoms with Gasteiger partial charge in [-0.15, -0.1) is 0 Å². The standard InChI is InChI=1S/C11H14BrN3/c1-2-15-10(6-7-13)11-8(12)4-3-5-9(11)14-15/h3-5H,2,6-7,13H2,1H3. The van der Waals surface area contributed by atoms with Crippen molar-refractivity contribution in [2.24, 2.45) is 5.73 Å². The molecule has 2 rings (SSSR count). The van der Waals surface area contributed by atoms with E-state index in [1.165, 1.54) is 11.1 Å². The van der Waals surface area contributed by atoms with E-state index in [9.17, 15) is 0 Å². The van der Waals surface area contributed by atoms with E-state index in [2.05, 4.69) is 28.0 Å². The molecule has 0 amide bonds. The van der Waals surface area contributed by atoms with E-state index in [0.29, 0.717) is 6.54 Å². The summed E-state index contributed by atoms with van der Waals surface area (Å²) in [5.74, 6) is 0. The van der Waals surface area contributed by atoms with Gasteiger partial charge in [0.1, 0.15) is 0 Å². The number of hydrogen-bond acceptors (Lipinski definition) is 2. The SMILES string of the molecule is CCn1nc2cccc(Br)c2c1CCN. The van der Waals surface area contributed by atoms with Crippen LogP contribution >= 0.6 is 15.9 Å². The predicted molar refractivity (Wildman–Crippen MR) is 65.9 cm³/mol. The lowest BCUT2D eigenvalue weighted by molar-refractivity contribution is 0.627. The van der Waals surface area contributed by atoms with Gasteiger partial charge >= 0.3 is 0 Å². The van der Waals surface area contributed by atoms with Crippen LogP contribution in [0, 0.1) is 0 Å². The fourth-order valence-electron chi connectivity index (χ4n) is 1.85. The van der Waals surface area contributed by atoms with Gasteiger partial charge in [0.2, 0.25) is 0 Å². The molecule has 15 heavy (non-hydrogen) atoms. The smallest absolute Gasteiger partial charge is 0.0937 e. The molecule has 0 spiro atoms. The third-order valence-electron chi connectivity index (χ3n) is 2.50. The quantitative estimate of drug-likeness (QED) is 0.928. The number of nitrogens with two attached hydrogens (primary N) is 1. The Morgan fingerprint density at radius 3 is 2.93 bits per heavy atom. The Labute approximate surface area is 97.4 Å². The zero-order valence-corrected chi connectivity index (χ0v) is 10.3. The van der Waals surface area contributed by atoms with E-state index >= 15 is 0 Å². The summed E-state index contributed by atoms with van der Waals surface area (Å²) in [6.07, 6.45) is 0.868. The average Bonchev–Trinajstić information content (AvgIpc) is 2.58. The van der Waals surface area contributed by atoms with Crippen LogP contribution in [-0.4, -0.2) is 16.3 Å². The number of aryl methyl sites for hydroxylation is 1. The van der Waals surface area contributed by atoms with Gasteiger partial charge in [-0.05, 0) is 25.6 Å². The van der Waals surface area contributed by atoms with Crippen molar-refractivity contribution in [2.75, 3.05) is 6.54 Å². The van der Waals surface area contributed by atoms with Gasteiger partial charge in [0.05, 0.1) is 5.52 Å². The van der Waals surface area contributed by atoms with Gasteiger partial charge in [-0.25, -0.2) is 0 Å². The number of rotatable bonds is 3. The number of halogens is 1. The maximum absolute atomic E-state index is 5.63. The highest BCUT2D eigenvalue weighted by molar-refractivity contribution is 9.10. The van der Waals surface area contributed by atoms with Crippen molar-refractivity contribution in [1.82, 2.24) is 9.78 Å². The van der Waals surface area contributed by atoms with Gasteiger partial charge in [0.25, 0.3) is 0 Å². The van der Waals surface area contributed by atoms with Crippen molar-refractivity contribution in [3.63, 3.8) is 0 Å². The molecular weight excluding hydrogens is 254 g/mol. The molecule has 4 heteroatoms. The minimum atomic E-state index is 0.655. The van der Waals surface area contributed by atoms with Crippen LogP contribution in [0.5, 0.6) is 0 Å². The largest absolute Gasteiger partial charge is 0.330 e. The highest BCUT2D eigenvalue weighted by Crippen LogP contribution is 2.27. The molecule has 1 aromatic carbocycles. The molecule has 1 aromatic heterocycles. The molecule has 2 N–H and O–H groups in total. The second-order valence-corrected chi connectivity index (χ2v) is 4.29. The van der Waals surface area contributed by atoms with E-state index in [1.807, 2.05) is 22.9 Å². The average molecular weight is 268 g/mol. The number of aromatic nitrogens is 2. The van der Waals surface area contributed by atoms with Gasteiger partial charge in [0.15, 0.2) is 0 Å². The lowest BCUT2D eigenvalue weighted by Crippen LogP contribution is -2.09. The van der Waals surface area contributed by atoms with Crippen molar-refractivity contribution < 1.29 is 0 Å². The molecule has 1 heterocycles. The molecule has 3 nitrogen and oxygen atoms in total. The zero-order valence-electron chi connectivity index (χ0n) is 8.70. The molecule has 0 aliphatic heterocycles. The van der Waals surface area contributed by atoms with Crippen molar-refractivity contribution in [1.29, 1.82) is 0 Å². The van der Waals surface area contributed by atoms with E-state index in [-0.39, 0.29) is 0 Å². The molecule has 0 aliphatic rings. The van der Waals surface area contributed by atoms with Gasteiger partial charge < -0.3 is 5.73 Å². The third kappa shape index (κ3) is 1.79. The van der Waals surface area contributed by atoms with Gasteiger partial charge in [-0.2, -0.15) is 5.10 Å². The second kappa shape index (κ2) is 4.33. The fraction of sp³-hybridized carbons (Fsp3) is 0.364. The van der Waals surface area contributed by atoms with E-state index in [4.69, 9.17) is 5.73 Å². The van der Waals surface area contributed by atoms with Crippen molar-refractivity contribution in [3.05, 3.63) is 28.4 Å². The first-order chi connectivity index (χ1) is 7.27. The fourth-order valence-corrected chi connectivity index (χ4v) is 2.44. The Kier molecular flexibility index (Phi) is 3.07. The lowest BCUT2D eigenvalue weighted by Gasteiger charge is -2.03. The summed E-state index contributed by atoms with van der Waals surface area (Å²) in [6, 6.07) is 6.09. The number of nitrogens with zero attached hydrogens (tertiary/aromatic N) is 2. The Hall–Kier alpha value is -0.870. The first-order valence-electron chi connectivity index (χ1n) is 5.12. The molecule has 0 unspecified atom stereocenters. The molecule has 0 fully saturated rings. The van der Waals surface area contributed by atoms with Crippen LogP contribution in [0.1, 0.15) is 12.6 Å². The second-order valence-electron chi connectivity index (χ2n) is 3.44. The van der Waals surface area contributed by atoms with Crippen LogP contribution in [0.25, 0.3) is 10.9 Å². The minimum Gasteiger partial charge on any atom is -0.330 e. The first-order valence-corrected chi connectivity index (χ1v) is 5.91. The van der Waals surface area contributed by atoms with Crippen molar-refractivity contribution in [3.8, 4) is 0 Å². The molecule has 0 aliphatic carbocycles. The Bertz CT molecular complexity index is 476. The first kappa shape index (κ1) is 10.6. The normalized spacial score (nSPS) is 11.1. The Morgan fingerprint density at radius 2 is 2.27 bits per heavy atom. The predicted octanol–water partition coefficient (Wildman–Crippen LogP) is 2.32. The minimum absolute atomic E-state index is 0.655. The van der Waals surface area contributed by atoms with Crippen LogP contribution < -0.4 is 5.73 Å². The van der Waals surface area contributed by atoms with Crippen LogP contribution in [0.2, 0.25) is 0 Å². The molecule has 0 radical (unpaired) electrons. The summed E-state index contributed by atoms with van der Waals surface area (Å²) >= 11 is 3.57. The summed E-state index contributed by atoms with van der Waals surface area (Å²) < 4.78 is 3.13. The molecule has 0 atom stereocenters. The van der Waals surface area contributed by atoms with Crippen molar-refractivity contribution >= 4 is 26.8 Å². The summed E-state index contributed by atoms with van der Waals surface area (Å²) in [5.41, 5.74) is 7.89. The molecule has 0 bridgehead atoms. The maximum Gasteiger partial charge on any atom is 0.0937 e. The van der Waals surface area contributed by atoms with Crippen LogP contribution in [0.3, 0.4) is 0 Å². The van der Waals surface area contributed by atoms with E-state index in [1.54, 1.807) is 0 Å². The molecular formula is C11H14BrN3. The summed E-state index contributed by atoms with van der Waals surface area (Å²) in [4.78, 5) is 0. The third-order valence-corrected chi connectivity index (χ3v) is 3.16. The van der Waals surface area contributed by atoms with Gasteiger partial charge in [-0.3, -0.25) is 4.68 Å². The van der Waals surface area contributed by atoms with E-state index < -0.39 is 0 Å². The van der Waals surface area contributed by atoms with E-state index in [0.717, 1.165) is 23.0 Å². The van der Waals surface area contributed by atoms with Crippen molar-refractivity contribution in [2.45, 2.75) is 19.9 Å². The summed E-state index contributed by atoms with van der Waals surface area (Å²) in [5, 5.41) is 5.74. The Morgan fingerprint density at radius 1 is 1.47 bits per heavy atom. The van der Waals surface area contributed by atoms with Crippen LogP contribution in [0.15, 0.2) is 22.7 Å². The summed E-state index contributed by atoms with van der Waals surface area (Å²) in [7, 11) is 0. The number of hydrogen-bond donors (Lipinski definition) is 1. The number of fused-ring (bicyclic) bond motifs is 1. The zero-order chi connectivity index (χ0) is 10.8. The summed E-state index contributed by atoms with van der Waals surface area (Å²) in [6.45, 7) is 3.64. The molecule has 2 aromatic rings. The van der Waals surface area contributed by atoms with Gasteiger partial charge in [0, 0.05) is 28.5 Å².